The first-order valence-electron chi connectivity index (χ1n) is 7.89. The highest BCUT2D eigenvalue weighted by atomic mass is 16.5. The smallest absolute Gasteiger partial charge is 0.373 e. The van der Waals surface area contributed by atoms with Crippen LogP contribution >= 0.6 is 0 Å². The number of carbonyl (C=O) groups excluding carboxylic acids is 1. The molecule has 0 radical (unpaired) electrons. The Hall–Kier alpha value is -3.32. The molecule has 2 aromatic carbocycles. The van der Waals surface area contributed by atoms with Crippen LogP contribution in [0.15, 0.2) is 77.2 Å². The summed E-state index contributed by atoms with van der Waals surface area (Å²) < 4.78 is 10.3. The Morgan fingerprint density at radius 3 is 2.04 bits per heavy atom. The van der Waals surface area contributed by atoms with Crippen molar-refractivity contribution in [3.8, 4) is 6.07 Å². The highest BCUT2D eigenvalue weighted by molar-refractivity contribution is 5.86. The predicted molar refractivity (Wildman–Crippen MR) is 93.0 cm³/mol. The van der Waals surface area contributed by atoms with Crippen molar-refractivity contribution in [2.24, 2.45) is 0 Å². The molecule has 0 saturated carbocycles. The molecule has 1 heterocycles. The van der Waals surface area contributed by atoms with Crippen molar-refractivity contribution >= 4 is 5.97 Å². The number of hydrogen-bond acceptors (Lipinski definition) is 4. The molecule has 0 unspecified atom stereocenters. The fraction of sp³-hybridized carbons (Fsp3) is 0.143. The molecule has 1 aromatic heterocycles. The van der Waals surface area contributed by atoms with E-state index in [4.69, 9.17) is 4.42 Å². The summed E-state index contributed by atoms with van der Waals surface area (Å²) in [4.78, 5) is 11.6. The second-order valence-corrected chi connectivity index (χ2v) is 5.68. The van der Waals surface area contributed by atoms with E-state index in [1.807, 2.05) is 60.7 Å². The minimum Gasteiger partial charge on any atom is -0.463 e. The second kappa shape index (κ2) is 7.06. The molecule has 0 N–H and O–H groups in total. The summed E-state index contributed by atoms with van der Waals surface area (Å²) >= 11 is 0. The fourth-order valence-corrected chi connectivity index (χ4v) is 2.93. The van der Waals surface area contributed by atoms with Gasteiger partial charge in [0.25, 0.3) is 0 Å². The Morgan fingerprint density at radius 2 is 1.56 bits per heavy atom. The normalized spacial score (nSPS) is 10.9. The van der Waals surface area contributed by atoms with Crippen LogP contribution in [0.1, 0.15) is 27.4 Å². The minimum atomic E-state index is -0.909. The van der Waals surface area contributed by atoms with Gasteiger partial charge in [-0.3, -0.25) is 0 Å². The number of ether oxygens (including phenoxy) is 1. The molecular weight excluding hydrogens is 314 g/mol. The van der Waals surface area contributed by atoms with Gasteiger partial charge in [-0.25, -0.2) is 4.79 Å². The van der Waals surface area contributed by atoms with Crippen molar-refractivity contribution in [1.82, 2.24) is 0 Å². The molecule has 0 spiro atoms. The molecule has 0 aliphatic carbocycles. The van der Waals surface area contributed by atoms with Crippen molar-refractivity contribution in [3.63, 3.8) is 0 Å². The largest absolute Gasteiger partial charge is 0.463 e. The van der Waals surface area contributed by atoms with E-state index in [0.717, 1.165) is 11.1 Å². The van der Waals surface area contributed by atoms with Crippen LogP contribution in [0.3, 0.4) is 0 Å². The maximum absolute atomic E-state index is 11.6. The van der Waals surface area contributed by atoms with Gasteiger partial charge >= 0.3 is 5.97 Å². The van der Waals surface area contributed by atoms with Gasteiger partial charge in [0.2, 0.25) is 5.76 Å². The van der Waals surface area contributed by atoms with Crippen LogP contribution in [-0.4, -0.2) is 13.1 Å². The molecular formula is C21H17NO3. The molecule has 0 bridgehead atoms. The molecule has 25 heavy (non-hydrogen) atoms. The summed E-state index contributed by atoms with van der Waals surface area (Å²) in [6.45, 7) is 0. The van der Waals surface area contributed by atoms with Gasteiger partial charge in [-0.15, -0.1) is 0 Å². The van der Waals surface area contributed by atoms with E-state index in [2.05, 4.69) is 10.8 Å². The molecule has 3 rings (SSSR count). The lowest BCUT2D eigenvalue weighted by Crippen LogP contribution is -2.28. The van der Waals surface area contributed by atoms with Crippen LogP contribution in [0.4, 0.5) is 0 Å². The quantitative estimate of drug-likeness (QED) is 0.660. The SMILES string of the molecule is COC(=O)c1ccc(CC(C#N)(c2ccccc2)c2ccccc2)o1. The Balaban J connectivity index is 2.08. The Kier molecular flexibility index (Phi) is 4.67. The molecule has 0 aliphatic rings. The zero-order valence-corrected chi connectivity index (χ0v) is 13.8. The lowest BCUT2D eigenvalue weighted by Gasteiger charge is -2.27. The number of esters is 1. The van der Waals surface area contributed by atoms with Crippen molar-refractivity contribution in [2.75, 3.05) is 7.11 Å². The monoisotopic (exact) mass is 331 g/mol. The highest BCUT2D eigenvalue weighted by Gasteiger charge is 2.36. The number of carbonyl (C=O) groups is 1. The van der Waals surface area contributed by atoms with Crippen molar-refractivity contribution in [2.45, 2.75) is 11.8 Å². The molecule has 4 nitrogen and oxygen atoms in total. The second-order valence-electron chi connectivity index (χ2n) is 5.68. The van der Waals surface area contributed by atoms with E-state index in [1.54, 1.807) is 12.1 Å². The first-order valence-corrected chi connectivity index (χ1v) is 7.89. The van der Waals surface area contributed by atoms with Crippen LogP contribution < -0.4 is 0 Å². The van der Waals surface area contributed by atoms with Gasteiger partial charge in [-0.2, -0.15) is 5.26 Å². The lowest BCUT2D eigenvalue weighted by molar-refractivity contribution is 0.0562. The Bertz CT molecular complexity index is 852. The third kappa shape index (κ3) is 3.17. The number of furan rings is 1. The molecule has 0 fully saturated rings. The van der Waals surface area contributed by atoms with E-state index in [9.17, 15) is 10.1 Å². The summed E-state index contributed by atoms with van der Waals surface area (Å²) in [6.07, 6.45) is 0.314. The summed E-state index contributed by atoms with van der Waals surface area (Å²) in [5.74, 6) is 0.147. The molecule has 3 aromatic rings. The third-order valence-corrected chi connectivity index (χ3v) is 4.21. The average Bonchev–Trinajstić information content (AvgIpc) is 3.15. The number of nitriles is 1. The van der Waals surface area contributed by atoms with E-state index in [-0.39, 0.29) is 5.76 Å². The van der Waals surface area contributed by atoms with Gasteiger partial charge in [0.15, 0.2) is 0 Å². The predicted octanol–water partition coefficient (Wildman–Crippen LogP) is 4.12. The van der Waals surface area contributed by atoms with Crippen LogP contribution in [0.25, 0.3) is 0 Å². The molecule has 0 saturated heterocycles. The number of methoxy groups -OCH3 is 1. The van der Waals surface area contributed by atoms with Crippen molar-refractivity contribution in [1.29, 1.82) is 5.26 Å². The minimum absolute atomic E-state index is 0.130. The average molecular weight is 331 g/mol. The standard InChI is InChI=1S/C21H17NO3/c1-24-20(23)19-13-12-18(25-19)14-21(15-22,16-8-4-2-5-9-16)17-10-6-3-7-11-17/h2-13H,14H2,1H3. The topological polar surface area (TPSA) is 63.2 Å². The van der Waals surface area contributed by atoms with Crippen molar-refractivity contribution in [3.05, 3.63) is 95.4 Å². The van der Waals surface area contributed by atoms with E-state index in [1.165, 1.54) is 7.11 Å². The summed E-state index contributed by atoms with van der Waals surface area (Å²) in [7, 11) is 1.30. The molecule has 124 valence electrons. The summed E-state index contributed by atoms with van der Waals surface area (Å²) in [6, 6.07) is 24.9. The maximum Gasteiger partial charge on any atom is 0.373 e. The zero-order valence-electron chi connectivity index (χ0n) is 13.8. The number of benzene rings is 2. The van der Waals surface area contributed by atoms with Crippen LogP contribution in [0.2, 0.25) is 0 Å². The molecule has 0 amide bonds. The zero-order chi connectivity index (χ0) is 17.7. The van der Waals surface area contributed by atoms with E-state index >= 15 is 0 Å². The molecule has 0 atom stereocenters. The highest BCUT2D eigenvalue weighted by Crippen LogP contribution is 2.35. The number of nitrogens with zero attached hydrogens (tertiary/aromatic N) is 1. The van der Waals surface area contributed by atoms with Gasteiger partial charge in [-0.05, 0) is 23.3 Å². The fourth-order valence-electron chi connectivity index (χ4n) is 2.93. The molecule has 4 heteroatoms. The third-order valence-electron chi connectivity index (χ3n) is 4.21. The Morgan fingerprint density at radius 1 is 1.00 bits per heavy atom. The van der Waals surface area contributed by atoms with Crippen LogP contribution in [0, 0.1) is 11.3 Å². The first-order chi connectivity index (χ1) is 12.2. The van der Waals surface area contributed by atoms with Gasteiger partial charge in [0.05, 0.1) is 13.2 Å². The van der Waals surface area contributed by atoms with Crippen molar-refractivity contribution < 1.29 is 13.9 Å². The van der Waals surface area contributed by atoms with Crippen LogP contribution in [0.5, 0.6) is 0 Å². The van der Waals surface area contributed by atoms with Crippen LogP contribution in [-0.2, 0) is 16.6 Å². The van der Waals surface area contributed by atoms with Gasteiger partial charge < -0.3 is 9.15 Å². The molecule has 0 aliphatic heterocycles. The number of rotatable bonds is 5. The summed E-state index contributed by atoms with van der Waals surface area (Å²) in [5, 5.41) is 10.1. The summed E-state index contributed by atoms with van der Waals surface area (Å²) in [5.41, 5.74) is 0.841. The van der Waals surface area contributed by atoms with E-state index in [0.29, 0.717) is 12.2 Å². The van der Waals surface area contributed by atoms with Gasteiger partial charge in [-0.1, -0.05) is 60.7 Å². The number of hydrogen-bond donors (Lipinski definition) is 0. The lowest BCUT2D eigenvalue weighted by atomic mass is 9.72. The first kappa shape index (κ1) is 16.5. The van der Waals surface area contributed by atoms with Gasteiger partial charge in [0, 0.05) is 6.42 Å². The maximum atomic E-state index is 11.6. The van der Waals surface area contributed by atoms with E-state index < -0.39 is 11.4 Å². The Labute approximate surface area is 146 Å². The van der Waals surface area contributed by atoms with Gasteiger partial charge in [0.1, 0.15) is 11.2 Å².